The summed E-state index contributed by atoms with van der Waals surface area (Å²) >= 11 is 0. The van der Waals surface area contributed by atoms with Crippen molar-refractivity contribution in [1.29, 1.82) is 0 Å². The van der Waals surface area contributed by atoms with Gasteiger partial charge in [-0.15, -0.1) is 0 Å². The van der Waals surface area contributed by atoms with Gasteiger partial charge in [0.25, 0.3) is 0 Å². The number of benzene rings is 1. The molecule has 0 saturated carbocycles. The molecule has 0 saturated heterocycles. The summed E-state index contributed by atoms with van der Waals surface area (Å²) in [6.07, 6.45) is 0.778. The minimum absolute atomic E-state index is 0.212. The Labute approximate surface area is 127 Å². The van der Waals surface area contributed by atoms with Crippen molar-refractivity contribution in [3.05, 3.63) is 29.6 Å². The summed E-state index contributed by atoms with van der Waals surface area (Å²) in [5.41, 5.74) is 0.640. The van der Waals surface area contributed by atoms with Crippen LogP contribution in [-0.4, -0.2) is 25.9 Å². The van der Waals surface area contributed by atoms with Gasteiger partial charge in [0.1, 0.15) is 11.6 Å². The van der Waals surface area contributed by atoms with Crippen LogP contribution in [0.2, 0.25) is 0 Å². The lowest BCUT2D eigenvalue weighted by Crippen LogP contribution is -2.25. The molecule has 0 amide bonds. The first kappa shape index (κ1) is 17.9. The third-order valence-corrected chi connectivity index (χ3v) is 3.40. The van der Waals surface area contributed by atoms with Crippen molar-refractivity contribution in [2.24, 2.45) is 5.92 Å². The molecule has 0 spiro atoms. The topological polar surface area (TPSA) is 30.5 Å². The molecule has 0 fully saturated rings. The molecule has 1 N–H and O–H groups in total. The molecule has 0 unspecified atom stereocenters. The molecule has 120 valence electrons. The molecule has 1 rings (SSSR count). The lowest BCUT2D eigenvalue weighted by Gasteiger charge is -2.23. The number of hydrogen-bond acceptors (Lipinski definition) is 3. The first-order valence-corrected chi connectivity index (χ1v) is 7.51. The van der Waals surface area contributed by atoms with Gasteiger partial charge in [0.2, 0.25) is 0 Å². The zero-order chi connectivity index (χ0) is 15.9. The Morgan fingerprint density at radius 3 is 2.62 bits per heavy atom. The summed E-state index contributed by atoms with van der Waals surface area (Å²) in [5.74, 6) is 1.06. The fraction of sp³-hybridized carbons (Fsp3) is 0.647. The number of methoxy groups -OCH3 is 1. The number of hydrogen-bond donors (Lipinski definition) is 1. The van der Waals surface area contributed by atoms with Gasteiger partial charge >= 0.3 is 0 Å². The van der Waals surface area contributed by atoms with Crippen LogP contribution < -0.4 is 10.1 Å². The van der Waals surface area contributed by atoms with Crippen LogP contribution in [-0.2, 0) is 11.3 Å². The van der Waals surface area contributed by atoms with Crippen LogP contribution in [0.1, 0.15) is 39.7 Å². The zero-order valence-corrected chi connectivity index (χ0v) is 13.8. The van der Waals surface area contributed by atoms with Crippen molar-refractivity contribution in [2.75, 3.05) is 20.3 Å². The average Bonchev–Trinajstić information content (AvgIpc) is 2.40. The molecule has 0 radical (unpaired) electrons. The molecular formula is C17H28FNO2. The molecule has 21 heavy (non-hydrogen) atoms. The highest BCUT2D eigenvalue weighted by molar-refractivity contribution is 5.33. The molecule has 4 heteroatoms. The van der Waals surface area contributed by atoms with Gasteiger partial charge in [-0.1, -0.05) is 13.8 Å². The number of nitrogens with one attached hydrogen (secondary N) is 1. The van der Waals surface area contributed by atoms with Crippen molar-refractivity contribution < 1.29 is 13.9 Å². The second-order valence-electron chi connectivity index (χ2n) is 6.34. The van der Waals surface area contributed by atoms with Crippen LogP contribution in [0, 0.1) is 11.7 Å². The normalized spacial score (nSPS) is 12.0. The fourth-order valence-electron chi connectivity index (χ4n) is 1.83. The SMILES string of the molecule is COC(C)(C)CCOc1ccc(F)cc1CNCC(C)C. The number of ether oxygens (including phenoxy) is 2. The Morgan fingerprint density at radius 2 is 2.00 bits per heavy atom. The monoisotopic (exact) mass is 297 g/mol. The maximum Gasteiger partial charge on any atom is 0.123 e. The van der Waals surface area contributed by atoms with Gasteiger partial charge in [0, 0.05) is 25.6 Å². The van der Waals surface area contributed by atoms with E-state index in [0.29, 0.717) is 19.1 Å². The molecule has 0 atom stereocenters. The Balaban J connectivity index is 2.60. The fourth-order valence-corrected chi connectivity index (χ4v) is 1.83. The van der Waals surface area contributed by atoms with E-state index >= 15 is 0 Å². The predicted octanol–water partition coefficient (Wildman–Crippen LogP) is 3.77. The predicted molar refractivity (Wildman–Crippen MR) is 84.1 cm³/mol. The molecule has 1 aromatic rings. The molecule has 0 aromatic heterocycles. The minimum Gasteiger partial charge on any atom is -0.493 e. The molecule has 0 bridgehead atoms. The van der Waals surface area contributed by atoms with E-state index in [1.54, 1.807) is 13.2 Å². The first-order chi connectivity index (χ1) is 9.84. The van der Waals surface area contributed by atoms with Crippen LogP contribution >= 0.6 is 0 Å². The zero-order valence-electron chi connectivity index (χ0n) is 13.8. The van der Waals surface area contributed by atoms with E-state index in [2.05, 4.69) is 19.2 Å². The van der Waals surface area contributed by atoms with Gasteiger partial charge in [0.05, 0.1) is 12.2 Å². The molecule has 0 aliphatic heterocycles. The van der Waals surface area contributed by atoms with Crippen molar-refractivity contribution in [3.8, 4) is 5.75 Å². The summed E-state index contributed by atoms with van der Waals surface area (Å²) < 4.78 is 24.6. The summed E-state index contributed by atoms with van der Waals surface area (Å²) in [6, 6.07) is 4.66. The van der Waals surface area contributed by atoms with E-state index in [4.69, 9.17) is 9.47 Å². The van der Waals surface area contributed by atoms with E-state index in [1.807, 2.05) is 13.8 Å². The highest BCUT2D eigenvalue weighted by Crippen LogP contribution is 2.21. The van der Waals surface area contributed by atoms with Crippen molar-refractivity contribution in [1.82, 2.24) is 5.32 Å². The smallest absolute Gasteiger partial charge is 0.123 e. The summed E-state index contributed by atoms with van der Waals surface area (Å²) in [7, 11) is 1.69. The lowest BCUT2D eigenvalue weighted by molar-refractivity contribution is 0.00536. The van der Waals surface area contributed by atoms with Crippen LogP contribution in [0.25, 0.3) is 0 Å². The van der Waals surface area contributed by atoms with Gasteiger partial charge < -0.3 is 14.8 Å². The van der Waals surface area contributed by atoms with Crippen LogP contribution in [0.4, 0.5) is 4.39 Å². The van der Waals surface area contributed by atoms with Crippen LogP contribution in [0.3, 0.4) is 0 Å². The average molecular weight is 297 g/mol. The molecule has 1 aromatic carbocycles. The van der Waals surface area contributed by atoms with Crippen molar-refractivity contribution in [2.45, 2.75) is 46.3 Å². The molecule has 3 nitrogen and oxygen atoms in total. The van der Waals surface area contributed by atoms with Gasteiger partial charge in [-0.2, -0.15) is 0 Å². The maximum absolute atomic E-state index is 13.4. The maximum atomic E-state index is 13.4. The lowest BCUT2D eigenvalue weighted by atomic mass is 10.1. The van der Waals surface area contributed by atoms with E-state index in [0.717, 1.165) is 24.3 Å². The molecule has 0 aliphatic rings. The van der Waals surface area contributed by atoms with Gasteiger partial charge in [-0.3, -0.25) is 0 Å². The Kier molecular flexibility index (Phi) is 7.12. The standard InChI is InChI=1S/C17H28FNO2/c1-13(2)11-19-12-14-10-15(18)6-7-16(14)21-9-8-17(3,4)20-5/h6-7,10,13,19H,8-9,11-12H2,1-5H3. The summed E-state index contributed by atoms with van der Waals surface area (Å²) in [5, 5.41) is 3.32. The summed E-state index contributed by atoms with van der Waals surface area (Å²) in [4.78, 5) is 0. The third-order valence-electron chi connectivity index (χ3n) is 3.40. The largest absolute Gasteiger partial charge is 0.493 e. The van der Waals surface area contributed by atoms with Crippen molar-refractivity contribution in [3.63, 3.8) is 0 Å². The highest BCUT2D eigenvalue weighted by Gasteiger charge is 2.16. The van der Waals surface area contributed by atoms with Crippen molar-refractivity contribution >= 4 is 0 Å². The number of rotatable bonds is 9. The molecule has 0 aliphatic carbocycles. The van der Waals surface area contributed by atoms with E-state index < -0.39 is 0 Å². The Morgan fingerprint density at radius 1 is 1.29 bits per heavy atom. The second-order valence-corrected chi connectivity index (χ2v) is 6.34. The third kappa shape index (κ3) is 6.91. The molecule has 0 heterocycles. The molecular weight excluding hydrogens is 269 g/mol. The quantitative estimate of drug-likeness (QED) is 0.752. The van der Waals surface area contributed by atoms with Gasteiger partial charge in [0.15, 0.2) is 0 Å². The number of halogens is 1. The van der Waals surface area contributed by atoms with Crippen LogP contribution in [0.5, 0.6) is 5.75 Å². The minimum atomic E-state index is -0.235. The van der Waals surface area contributed by atoms with E-state index in [1.165, 1.54) is 12.1 Å². The first-order valence-electron chi connectivity index (χ1n) is 7.51. The Hall–Kier alpha value is -1.13. The van der Waals surface area contributed by atoms with Gasteiger partial charge in [-0.05, 0) is 44.5 Å². The second kappa shape index (κ2) is 8.35. The van der Waals surface area contributed by atoms with E-state index in [9.17, 15) is 4.39 Å². The Bertz CT molecular complexity index is 433. The van der Waals surface area contributed by atoms with Crippen LogP contribution in [0.15, 0.2) is 18.2 Å². The van der Waals surface area contributed by atoms with E-state index in [-0.39, 0.29) is 11.4 Å². The summed E-state index contributed by atoms with van der Waals surface area (Å²) in [6.45, 7) is 10.4. The highest BCUT2D eigenvalue weighted by atomic mass is 19.1. The van der Waals surface area contributed by atoms with Gasteiger partial charge in [-0.25, -0.2) is 4.39 Å².